The van der Waals surface area contributed by atoms with Crippen LogP contribution in [-0.2, 0) is 32.0 Å². The van der Waals surface area contributed by atoms with Crippen LogP contribution >= 0.6 is 0 Å². The largest absolute Gasteiger partial charge is 0.462 e. The Kier molecular flexibility index (Phi) is 7.36. The van der Waals surface area contributed by atoms with Crippen molar-refractivity contribution in [1.82, 2.24) is 9.78 Å². The first-order valence-electron chi connectivity index (χ1n) is 7.61. The molecule has 0 bridgehead atoms. The molecule has 0 unspecified atom stereocenters. The molecule has 0 amide bonds. The van der Waals surface area contributed by atoms with E-state index >= 15 is 0 Å². The number of esters is 2. The third kappa shape index (κ3) is 5.02. The van der Waals surface area contributed by atoms with Gasteiger partial charge in [-0.05, 0) is 33.3 Å². The van der Waals surface area contributed by atoms with E-state index in [-0.39, 0.29) is 18.8 Å². The lowest BCUT2D eigenvalue weighted by Crippen LogP contribution is -2.19. The van der Waals surface area contributed by atoms with Crippen LogP contribution in [0.25, 0.3) is 0 Å². The molecule has 1 rings (SSSR count). The quantitative estimate of drug-likeness (QED) is 0.319. The number of rotatable bonds is 8. The summed E-state index contributed by atoms with van der Waals surface area (Å²) in [5.41, 5.74) is 1.79. The van der Waals surface area contributed by atoms with Gasteiger partial charge in [-0.3, -0.25) is 4.68 Å². The summed E-state index contributed by atoms with van der Waals surface area (Å²) in [5.74, 6) is -1.31. The number of aryl methyl sites for hydroxylation is 2. The Bertz CT molecular complexity index is 526. The summed E-state index contributed by atoms with van der Waals surface area (Å²) < 4.78 is 11.7. The first kappa shape index (κ1) is 17.9. The Labute approximate surface area is 131 Å². The molecule has 0 aromatic carbocycles. The summed E-state index contributed by atoms with van der Waals surface area (Å²) in [5, 5.41) is 4.40. The van der Waals surface area contributed by atoms with E-state index in [0.717, 1.165) is 24.4 Å². The van der Waals surface area contributed by atoms with Crippen molar-refractivity contribution in [3.05, 3.63) is 29.1 Å². The van der Waals surface area contributed by atoms with E-state index in [2.05, 4.69) is 12.0 Å². The highest BCUT2D eigenvalue weighted by molar-refractivity contribution is 6.14. The van der Waals surface area contributed by atoms with E-state index < -0.39 is 11.9 Å². The number of carbonyl (C=O) groups excluding carboxylic acids is 2. The van der Waals surface area contributed by atoms with Crippen molar-refractivity contribution in [2.45, 2.75) is 47.1 Å². The average Bonchev–Trinajstić information content (AvgIpc) is 2.80. The van der Waals surface area contributed by atoms with E-state index in [0.29, 0.717) is 6.42 Å². The molecule has 0 N–H and O–H groups in total. The van der Waals surface area contributed by atoms with Crippen LogP contribution < -0.4 is 0 Å². The highest BCUT2D eigenvalue weighted by Gasteiger charge is 2.20. The molecule has 0 saturated carbocycles. The SMILES string of the molecule is CCCn1nc(C)cc1CC=C(C(=O)OCC)C(=O)OCC. The van der Waals surface area contributed by atoms with Crippen LogP contribution in [-0.4, -0.2) is 34.9 Å². The molecule has 0 saturated heterocycles. The van der Waals surface area contributed by atoms with Gasteiger partial charge in [0.1, 0.15) is 5.57 Å². The Hall–Kier alpha value is -2.11. The van der Waals surface area contributed by atoms with Gasteiger partial charge in [0.05, 0.1) is 18.9 Å². The van der Waals surface area contributed by atoms with Crippen LogP contribution in [0.3, 0.4) is 0 Å². The Morgan fingerprint density at radius 3 is 2.27 bits per heavy atom. The summed E-state index contributed by atoms with van der Waals surface area (Å²) >= 11 is 0. The van der Waals surface area contributed by atoms with Crippen LogP contribution in [0, 0.1) is 6.92 Å². The average molecular weight is 308 g/mol. The molecule has 6 heteroatoms. The lowest BCUT2D eigenvalue weighted by Gasteiger charge is -2.07. The van der Waals surface area contributed by atoms with Gasteiger partial charge in [-0.2, -0.15) is 5.10 Å². The zero-order valence-electron chi connectivity index (χ0n) is 13.7. The topological polar surface area (TPSA) is 70.4 Å². The zero-order valence-corrected chi connectivity index (χ0v) is 13.7. The molecule has 0 spiro atoms. The van der Waals surface area contributed by atoms with Crippen LogP contribution in [0.15, 0.2) is 17.7 Å². The molecule has 122 valence electrons. The molecular weight excluding hydrogens is 284 g/mol. The molecular formula is C16H24N2O4. The number of hydrogen-bond donors (Lipinski definition) is 0. The minimum Gasteiger partial charge on any atom is -0.462 e. The van der Waals surface area contributed by atoms with Crippen LogP contribution in [0.4, 0.5) is 0 Å². The Balaban J connectivity index is 2.97. The van der Waals surface area contributed by atoms with Crippen molar-refractivity contribution in [2.75, 3.05) is 13.2 Å². The van der Waals surface area contributed by atoms with Gasteiger partial charge in [0.15, 0.2) is 0 Å². The summed E-state index contributed by atoms with van der Waals surface area (Å²) in [6.07, 6.45) is 2.94. The van der Waals surface area contributed by atoms with Crippen molar-refractivity contribution in [1.29, 1.82) is 0 Å². The van der Waals surface area contributed by atoms with Gasteiger partial charge in [-0.25, -0.2) is 9.59 Å². The molecule has 1 aromatic heterocycles. The van der Waals surface area contributed by atoms with Crippen molar-refractivity contribution < 1.29 is 19.1 Å². The maximum atomic E-state index is 11.9. The fourth-order valence-electron chi connectivity index (χ4n) is 2.04. The van der Waals surface area contributed by atoms with Gasteiger partial charge in [0.2, 0.25) is 0 Å². The molecule has 0 radical (unpaired) electrons. The van der Waals surface area contributed by atoms with Crippen molar-refractivity contribution in [2.24, 2.45) is 0 Å². The molecule has 0 aliphatic heterocycles. The minimum absolute atomic E-state index is 0.0643. The normalized spacial score (nSPS) is 10.2. The lowest BCUT2D eigenvalue weighted by molar-refractivity contribution is -0.146. The first-order valence-corrected chi connectivity index (χ1v) is 7.61. The van der Waals surface area contributed by atoms with Crippen LogP contribution in [0.1, 0.15) is 38.6 Å². The number of aromatic nitrogens is 2. The number of nitrogens with zero attached hydrogens (tertiary/aromatic N) is 2. The maximum Gasteiger partial charge on any atom is 0.345 e. The minimum atomic E-state index is -0.653. The molecule has 0 atom stereocenters. The van der Waals surface area contributed by atoms with Crippen LogP contribution in [0.2, 0.25) is 0 Å². The van der Waals surface area contributed by atoms with Gasteiger partial charge in [-0.1, -0.05) is 13.0 Å². The summed E-state index contributed by atoms with van der Waals surface area (Å²) in [6, 6.07) is 1.94. The van der Waals surface area contributed by atoms with E-state index in [1.807, 2.05) is 17.7 Å². The lowest BCUT2D eigenvalue weighted by atomic mass is 10.2. The van der Waals surface area contributed by atoms with E-state index in [1.165, 1.54) is 0 Å². The smallest absolute Gasteiger partial charge is 0.345 e. The van der Waals surface area contributed by atoms with Crippen LogP contribution in [0.5, 0.6) is 0 Å². The molecule has 0 aliphatic rings. The Morgan fingerprint density at radius 2 is 1.77 bits per heavy atom. The second-order valence-corrected chi connectivity index (χ2v) is 4.76. The van der Waals surface area contributed by atoms with Crippen molar-refractivity contribution in [3.63, 3.8) is 0 Å². The van der Waals surface area contributed by atoms with Gasteiger partial charge in [0.25, 0.3) is 0 Å². The number of allylic oxidation sites excluding steroid dienone is 1. The predicted molar refractivity (Wildman–Crippen MR) is 82.3 cm³/mol. The van der Waals surface area contributed by atoms with Crippen molar-refractivity contribution >= 4 is 11.9 Å². The number of hydrogen-bond acceptors (Lipinski definition) is 5. The molecule has 6 nitrogen and oxygen atoms in total. The third-order valence-corrected chi connectivity index (χ3v) is 2.93. The fourth-order valence-corrected chi connectivity index (χ4v) is 2.04. The van der Waals surface area contributed by atoms with Crippen molar-refractivity contribution in [3.8, 4) is 0 Å². The Morgan fingerprint density at radius 1 is 1.18 bits per heavy atom. The highest BCUT2D eigenvalue weighted by Crippen LogP contribution is 2.10. The summed E-state index contributed by atoms with van der Waals surface area (Å²) in [4.78, 5) is 23.8. The molecule has 0 fully saturated rings. The van der Waals surface area contributed by atoms with Gasteiger partial charge >= 0.3 is 11.9 Å². The van der Waals surface area contributed by atoms with E-state index in [4.69, 9.17) is 9.47 Å². The number of carbonyl (C=O) groups is 2. The highest BCUT2D eigenvalue weighted by atomic mass is 16.6. The van der Waals surface area contributed by atoms with E-state index in [9.17, 15) is 9.59 Å². The standard InChI is InChI=1S/C16H24N2O4/c1-5-10-18-13(11-12(4)17-18)8-9-14(15(19)21-6-2)16(20)22-7-3/h9,11H,5-8,10H2,1-4H3. The third-order valence-electron chi connectivity index (χ3n) is 2.93. The second kappa shape index (κ2) is 9.02. The van der Waals surface area contributed by atoms with Gasteiger partial charge in [0, 0.05) is 18.7 Å². The summed E-state index contributed by atoms with van der Waals surface area (Å²) in [6.45, 7) is 8.59. The summed E-state index contributed by atoms with van der Waals surface area (Å²) in [7, 11) is 0. The molecule has 1 heterocycles. The molecule has 22 heavy (non-hydrogen) atoms. The van der Waals surface area contributed by atoms with Gasteiger partial charge < -0.3 is 9.47 Å². The van der Waals surface area contributed by atoms with Gasteiger partial charge in [-0.15, -0.1) is 0 Å². The first-order chi connectivity index (χ1) is 10.5. The monoisotopic (exact) mass is 308 g/mol. The fraction of sp³-hybridized carbons (Fsp3) is 0.562. The second-order valence-electron chi connectivity index (χ2n) is 4.76. The molecule has 0 aliphatic carbocycles. The predicted octanol–water partition coefficient (Wildman–Crippen LogP) is 2.20. The van der Waals surface area contributed by atoms with E-state index in [1.54, 1.807) is 19.9 Å². The molecule has 1 aromatic rings. The zero-order chi connectivity index (χ0) is 16.5. The number of ether oxygens (including phenoxy) is 2. The maximum absolute atomic E-state index is 11.9.